The Morgan fingerprint density at radius 3 is 2.45 bits per heavy atom. The summed E-state index contributed by atoms with van der Waals surface area (Å²) >= 11 is 0. The molecule has 2 heteroatoms. The molecule has 0 aromatic carbocycles. The Morgan fingerprint density at radius 1 is 1.45 bits per heavy atom. The van der Waals surface area contributed by atoms with Gasteiger partial charge in [-0.25, -0.2) is 0 Å². The maximum absolute atomic E-state index is 6.07. The second-order valence-corrected chi connectivity index (χ2v) is 3.63. The first-order valence-corrected chi connectivity index (χ1v) is 4.71. The Hall–Kier alpha value is -0.0800. The molecule has 0 spiro atoms. The van der Waals surface area contributed by atoms with Crippen LogP contribution in [-0.4, -0.2) is 19.1 Å². The van der Waals surface area contributed by atoms with E-state index < -0.39 is 0 Å². The zero-order valence-corrected chi connectivity index (χ0v) is 7.69. The van der Waals surface area contributed by atoms with E-state index in [1.54, 1.807) is 0 Å². The number of nitrogens with one attached hydrogen (secondary N) is 1. The van der Waals surface area contributed by atoms with Crippen molar-refractivity contribution >= 4 is 0 Å². The summed E-state index contributed by atoms with van der Waals surface area (Å²) in [6.07, 6.45) is 3.71. The molecule has 0 amide bonds. The summed E-state index contributed by atoms with van der Waals surface area (Å²) in [5.41, 5.74) is 6.51. The average molecular weight is 156 g/mol. The van der Waals surface area contributed by atoms with Gasteiger partial charge >= 0.3 is 0 Å². The number of piperidine rings is 1. The highest BCUT2D eigenvalue weighted by Crippen LogP contribution is 2.34. The van der Waals surface area contributed by atoms with Crippen molar-refractivity contribution in [2.45, 2.75) is 39.2 Å². The van der Waals surface area contributed by atoms with Crippen LogP contribution in [0.1, 0.15) is 33.1 Å². The van der Waals surface area contributed by atoms with Gasteiger partial charge in [-0.2, -0.15) is 0 Å². The summed E-state index contributed by atoms with van der Waals surface area (Å²) < 4.78 is 0. The normalized spacial score (nSPS) is 30.3. The Balaban J connectivity index is 2.61. The fourth-order valence-corrected chi connectivity index (χ4v) is 2.12. The summed E-state index contributed by atoms with van der Waals surface area (Å²) in [5, 5.41) is 3.33. The van der Waals surface area contributed by atoms with Crippen molar-refractivity contribution in [3.63, 3.8) is 0 Å². The van der Waals surface area contributed by atoms with E-state index in [0.29, 0.717) is 11.5 Å². The number of rotatable bonds is 2. The van der Waals surface area contributed by atoms with Gasteiger partial charge in [0.25, 0.3) is 0 Å². The molecule has 0 aliphatic carbocycles. The van der Waals surface area contributed by atoms with E-state index in [0.717, 1.165) is 13.1 Å². The third kappa shape index (κ3) is 1.57. The molecule has 1 fully saturated rings. The van der Waals surface area contributed by atoms with Crippen LogP contribution in [-0.2, 0) is 0 Å². The van der Waals surface area contributed by atoms with E-state index in [1.807, 2.05) is 0 Å². The molecule has 1 heterocycles. The van der Waals surface area contributed by atoms with Crippen molar-refractivity contribution in [3.05, 3.63) is 0 Å². The van der Waals surface area contributed by atoms with Gasteiger partial charge in [0.05, 0.1) is 0 Å². The van der Waals surface area contributed by atoms with Gasteiger partial charge in [-0.1, -0.05) is 13.8 Å². The lowest BCUT2D eigenvalue weighted by atomic mass is 9.71. The molecule has 0 saturated carbocycles. The van der Waals surface area contributed by atoms with Crippen LogP contribution in [0, 0.1) is 5.41 Å². The minimum Gasteiger partial charge on any atom is -0.326 e. The van der Waals surface area contributed by atoms with Crippen molar-refractivity contribution < 1.29 is 0 Å². The first kappa shape index (κ1) is 9.01. The van der Waals surface area contributed by atoms with Crippen LogP contribution in [0.2, 0.25) is 0 Å². The minimum atomic E-state index is 0.367. The highest BCUT2D eigenvalue weighted by Gasteiger charge is 2.34. The zero-order chi connectivity index (χ0) is 8.32. The maximum Gasteiger partial charge on any atom is 0.0222 e. The quantitative estimate of drug-likeness (QED) is 0.628. The molecular formula is C9H20N2. The van der Waals surface area contributed by atoms with E-state index in [1.165, 1.54) is 19.3 Å². The van der Waals surface area contributed by atoms with Gasteiger partial charge in [0.1, 0.15) is 0 Å². The van der Waals surface area contributed by atoms with Gasteiger partial charge in [-0.3, -0.25) is 0 Å². The van der Waals surface area contributed by atoms with Gasteiger partial charge in [0, 0.05) is 12.6 Å². The van der Waals surface area contributed by atoms with Crippen LogP contribution >= 0.6 is 0 Å². The second-order valence-electron chi connectivity index (χ2n) is 3.63. The molecule has 1 saturated heterocycles. The summed E-state index contributed by atoms with van der Waals surface area (Å²) in [6.45, 7) is 6.67. The Labute approximate surface area is 69.5 Å². The SMILES string of the molecule is CCC1(CC)CCNCC1N. The maximum atomic E-state index is 6.07. The van der Waals surface area contributed by atoms with Gasteiger partial charge in [0.2, 0.25) is 0 Å². The topological polar surface area (TPSA) is 38.0 Å². The van der Waals surface area contributed by atoms with Crippen molar-refractivity contribution in [2.24, 2.45) is 11.1 Å². The van der Waals surface area contributed by atoms with E-state index >= 15 is 0 Å². The predicted molar refractivity (Wildman–Crippen MR) is 48.5 cm³/mol. The summed E-state index contributed by atoms with van der Waals surface area (Å²) in [5.74, 6) is 0. The van der Waals surface area contributed by atoms with E-state index in [2.05, 4.69) is 19.2 Å². The minimum absolute atomic E-state index is 0.367. The first-order valence-electron chi connectivity index (χ1n) is 4.71. The van der Waals surface area contributed by atoms with Crippen LogP contribution in [0.5, 0.6) is 0 Å². The number of hydrogen-bond acceptors (Lipinski definition) is 2. The van der Waals surface area contributed by atoms with E-state index in [-0.39, 0.29) is 0 Å². The molecule has 2 nitrogen and oxygen atoms in total. The average Bonchev–Trinajstić information content (AvgIpc) is 2.06. The lowest BCUT2D eigenvalue weighted by Gasteiger charge is -2.41. The number of hydrogen-bond donors (Lipinski definition) is 2. The van der Waals surface area contributed by atoms with Crippen LogP contribution in [0.15, 0.2) is 0 Å². The third-order valence-corrected chi connectivity index (χ3v) is 3.36. The van der Waals surface area contributed by atoms with Crippen molar-refractivity contribution in [1.29, 1.82) is 0 Å². The van der Waals surface area contributed by atoms with Crippen LogP contribution in [0.3, 0.4) is 0 Å². The monoisotopic (exact) mass is 156 g/mol. The molecule has 3 N–H and O–H groups in total. The Morgan fingerprint density at radius 2 is 2.09 bits per heavy atom. The van der Waals surface area contributed by atoms with Crippen molar-refractivity contribution in [3.8, 4) is 0 Å². The van der Waals surface area contributed by atoms with Crippen LogP contribution < -0.4 is 11.1 Å². The number of nitrogens with two attached hydrogens (primary N) is 1. The second kappa shape index (κ2) is 3.55. The molecule has 0 aromatic rings. The third-order valence-electron chi connectivity index (χ3n) is 3.36. The van der Waals surface area contributed by atoms with E-state index in [9.17, 15) is 0 Å². The summed E-state index contributed by atoms with van der Waals surface area (Å²) in [4.78, 5) is 0. The lowest BCUT2D eigenvalue weighted by Crippen LogP contribution is -2.53. The molecule has 1 atom stereocenters. The van der Waals surface area contributed by atoms with Crippen LogP contribution in [0.4, 0.5) is 0 Å². The molecule has 66 valence electrons. The molecule has 11 heavy (non-hydrogen) atoms. The standard InChI is InChI=1S/C9H20N2/c1-3-9(4-2)5-6-11-7-8(9)10/h8,11H,3-7,10H2,1-2H3. The van der Waals surface area contributed by atoms with Gasteiger partial charge in [0.15, 0.2) is 0 Å². The van der Waals surface area contributed by atoms with E-state index in [4.69, 9.17) is 5.73 Å². The lowest BCUT2D eigenvalue weighted by molar-refractivity contribution is 0.151. The molecule has 0 aromatic heterocycles. The first-order chi connectivity index (χ1) is 5.25. The Bertz CT molecular complexity index is 119. The highest BCUT2D eigenvalue weighted by atomic mass is 14.9. The van der Waals surface area contributed by atoms with Crippen LogP contribution in [0.25, 0.3) is 0 Å². The largest absolute Gasteiger partial charge is 0.326 e. The zero-order valence-electron chi connectivity index (χ0n) is 7.69. The fourth-order valence-electron chi connectivity index (χ4n) is 2.12. The van der Waals surface area contributed by atoms with Gasteiger partial charge < -0.3 is 11.1 Å². The fraction of sp³-hybridized carbons (Fsp3) is 1.00. The Kier molecular flexibility index (Phi) is 2.90. The van der Waals surface area contributed by atoms with Gasteiger partial charge in [-0.15, -0.1) is 0 Å². The molecule has 0 bridgehead atoms. The molecule has 1 unspecified atom stereocenters. The molecule has 1 rings (SSSR count). The highest BCUT2D eigenvalue weighted by molar-refractivity contribution is 4.92. The van der Waals surface area contributed by atoms with Crippen molar-refractivity contribution in [2.75, 3.05) is 13.1 Å². The summed E-state index contributed by atoms with van der Waals surface area (Å²) in [7, 11) is 0. The smallest absolute Gasteiger partial charge is 0.0222 e. The summed E-state index contributed by atoms with van der Waals surface area (Å²) in [6, 6.07) is 0.367. The molecular weight excluding hydrogens is 136 g/mol. The molecule has 0 radical (unpaired) electrons. The van der Waals surface area contributed by atoms with Crippen molar-refractivity contribution in [1.82, 2.24) is 5.32 Å². The van der Waals surface area contributed by atoms with Gasteiger partial charge in [-0.05, 0) is 31.2 Å². The predicted octanol–water partition coefficient (Wildman–Crippen LogP) is 1.11. The molecule has 1 aliphatic heterocycles. The molecule has 1 aliphatic rings.